The van der Waals surface area contributed by atoms with Gasteiger partial charge in [0.25, 0.3) is 0 Å². The first-order valence-electron chi connectivity index (χ1n) is 10.2. The maximum Gasteiger partial charge on any atom is 0.220 e. The topological polar surface area (TPSA) is 57.4 Å². The molecule has 5 heteroatoms. The standard InChI is InChI=1S/C24H31N3O2/c1-27(2)15-13-20-17-26-23-10-6-19(16-22(20)23)12-14-25-24(28)11-7-18-4-8-21(29-3)9-5-18/h4-6,8-10,16-17,26H,7,11-15H2,1-3H3,(H,25,28). The van der Waals surface area contributed by atoms with Crippen molar-refractivity contribution in [3.8, 4) is 5.75 Å². The van der Waals surface area contributed by atoms with Gasteiger partial charge in [0, 0.05) is 36.6 Å². The Bertz CT molecular complexity index is 929. The average molecular weight is 394 g/mol. The molecule has 1 aromatic heterocycles. The SMILES string of the molecule is COc1ccc(CCC(=O)NCCc2ccc3[nH]cc(CCN(C)C)c3c2)cc1. The van der Waals surface area contributed by atoms with Crippen molar-refractivity contribution in [2.45, 2.75) is 25.7 Å². The molecule has 154 valence electrons. The zero-order chi connectivity index (χ0) is 20.6. The number of ether oxygens (including phenoxy) is 1. The molecule has 2 N–H and O–H groups in total. The van der Waals surface area contributed by atoms with E-state index in [1.165, 1.54) is 22.0 Å². The molecule has 0 aliphatic heterocycles. The third-order valence-corrected chi connectivity index (χ3v) is 5.20. The summed E-state index contributed by atoms with van der Waals surface area (Å²) in [4.78, 5) is 17.7. The molecule has 1 amide bonds. The van der Waals surface area contributed by atoms with Crippen LogP contribution >= 0.6 is 0 Å². The van der Waals surface area contributed by atoms with Crippen molar-refractivity contribution in [3.05, 3.63) is 65.4 Å². The largest absolute Gasteiger partial charge is 0.497 e. The quantitative estimate of drug-likeness (QED) is 0.554. The van der Waals surface area contributed by atoms with Gasteiger partial charge in [0.15, 0.2) is 0 Å². The number of carbonyl (C=O) groups is 1. The molecule has 29 heavy (non-hydrogen) atoms. The third kappa shape index (κ3) is 6.09. The Morgan fingerprint density at radius 1 is 1.03 bits per heavy atom. The fraction of sp³-hybridized carbons (Fsp3) is 0.375. The maximum absolute atomic E-state index is 12.2. The number of aryl methyl sites for hydroxylation is 1. The van der Waals surface area contributed by atoms with Crippen LogP contribution in [0.25, 0.3) is 10.9 Å². The third-order valence-electron chi connectivity index (χ3n) is 5.20. The highest BCUT2D eigenvalue weighted by Crippen LogP contribution is 2.21. The van der Waals surface area contributed by atoms with Crippen molar-refractivity contribution in [2.75, 3.05) is 34.3 Å². The monoisotopic (exact) mass is 393 g/mol. The molecule has 0 bridgehead atoms. The van der Waals surface area contributed by atoms with Gasteiger partial charge in [-0.25, -0.2) is 0 Å². The van der Waals surface area contributed by atoms with Gasteiger partial charge >= 0.3 is 0 Å². The molecule has 0 atom stereocenters. The Morgan fingerprint density at radius 2 is 1.79 bits per heavy atom. The highest BCUT2D eigenvalue weighted by atomic mass is 16.5. The van der Waals surface area contributed by atoms with Crippen molar-refractivity contribution < 1.29 is 9.53 Å². The van der Waals surface area contributed by atoms with Crippen LogP contribution in [0.3, 0.4) is 0 Å². The number of aromatic amines is 1. The summed E-state index contributed by atoms with van der Waals surface area (Å²) in [5.41, 5.74) is 4.91. The molecule has 0 fully saturated rings. The number of likely N-dealkylation sites (N-methyl/N-ethyl adjacent to an activating group) is 1. The molecule has 0 saturated carbocycles. The number of fused-ring (bicyclic) bond motifs is 1. The second-order valence-electron chi connectivity index (χ2n) is 7.70. The number of nitrogens with zero attached hydrogens (tertiary/aromatic N) is 1. The predicted octanol–water partition coefficient (Wildman–Crippen LogP) is 3.57. The van der Waals surface area contributed by atoms with Crippen LogP contribution in [-0.4, -0.2) is 50.1 Å². The summed E-state index contributed by atoms with van der Waals surface area (Å²) >= 11 is 0. The van der Waals surface area contributed by atoms with E-state index >= 15 is 0 Å². The molecule has 0 unspecified atom stereocenters. The molecule has 0 radical (unpaired) electrons. The van der Waals surface area contributed by atoms with Crippen molar-refractivity contribution >= 4 is 16.8 Å². The van der Waals surface area contributed by atoms with E-state index in [0.717, 1.165) is 37.1 Å². The highest BCUT2D eigenvalue weighted by molar-refractivity contribution is 5.84. The summed E-state index contributed by atoms with van der Waals surface area (Å²) in [7, 11) is 5.84. The van der Waals surface area contributed by atoms with Crippen LogP contribution in [0.2, 0.25) is 0 Å². The van der Waals surface area contributed by atoms with E-state index in [2.05, 4.69) is 53.7 Å². The number of amides is 1. The van der Waals surface area contributed by atoms with Crippen molar-refractivity contribution in [1.82, 2.24) is 15.2 Å². The first kappa shape index (κ1) is 20.9. The van der Waals surface area contributed by atoms with E-state index < -0.39 is 0 Å². The van der Waals surface area contributed by atoms with E-state index in [1.54, 1.807) is 7.11 Å². The van der Waals surface area contributed by atoms with Crippen LogP contribution in [0.15, 0.2) is 48.7 Å². The number of H-pyrrole nitrogens is 1. The van der Waals surface area contributed by atoms with E-state index in [0.29, 0.717) is 13.0 Å². The average Bonchev–Trinajstić information content (AvgIpc) is 3.13. The molecule has 0 spiro atoms. The van der Waals surface area contributed by atoms with Gasteiger partial charge < -0.3 is 19.9 Å². The highest BCUT2D eigenvalue weighted by Gasteiger charge is 2.07. The smallest absolute Gasteiger partial charge is 0.220 e. The van der Waals surface area contributed by atoms with E-state index in [1.807, 2.05) is 24.3 Å². The Hall–Kier alpha value is -2.79. The number of methoxy groups -OCH3 is 1. The van der Waals surface area contributed by atoms with Crippen LogP contribution in [0, 0.1) is 0 Å². The van der Waals surface area contributed by atoms with Crippen LogP contribution in [0.1, 0.15) is 23.1 Å². The van der Waals surface area contributed by atoms with Crippen molar-refractivity contribution in [1.29, 1.82) is 0 Å². The Balaban J connectivity index is 1.47. The summed E-state index contributed by atoms with van der Waals surface area (Å²) in [5.74, 6) is 0.928. The minimum Gasteiger partial charge on any atom is -0.497 e. The molecular formula is C24H31N3O2. The molecule has 3 aromatic rings. The number of rotatable bonds is 10. The number of hydrogen-bond acceptors (Lipinski definition) is 3. The lowest BCUT2D eigenvalue weighted by atomic mass is 10.1. The van der Waals surface area contributed by atoms with Gasteiger partial charge in [0.1, 0.15) is 5.75 Å². The number of nitrogens with one attached hydrogen (secondary N) is 2. The van der Waals surface area contributed by atoms with E-state index in [9.17, 15) is 4.79 Å². The molecule has 0 aliphatic carbocycles. The predicted molar refractivity (Wildman–Crippen MR) is 119 cm³/mol. The fourth-order valence-electron chi connectivity index (χ4n) is 3.42. The lowest BCUT2D eigenvalue weighted by Crippen LogP contribution is -2.25. The summed E-state index contributed by atoms with van der Waals surface area (Å²) in [6.45, 7) is 1.69. The van der Waals surface area contributed by atoms with Gasteiger partial charge in [-0.05, 0) is 74.3 Å². The number of aromatic nitrogens is 1. The van der Waals surface area contributed by atoms with Gasteiger partial charge in [-0.15, -0.1) is 0 Å². The molecule has 2 aromatic carbocycles. The lowest BCUT2D eigenvalue weighted by Gasteiger charge is -2.09. The maximum atomic E-state index is 12.2. The van der Waals surface area contributed by atoms with Gasteiger partial charge in [-0.2, -0.15) is 0 Å². The molecule has 0 saturated heterocycles. The molecule has 0 aliphatic rings. The van der Waals surface area contributed by atoms with Crippen LogP contribution in [0.5, 0.6) is 5.75 Å². The molecular weight excluding hydrogens is 362 g/mol. The molecule has 3 rings (SSSR count). The summed E-state index contributed by atoms with van der Waals surface area (Å²) < 4.78 is 5.16. The minimum absolute atomic E-state index is 0.0928. The Morgan fingerprint density at radius 3 is 2.52 bits per heavy atom. The fourth-order valence-corrected chi connectivity index (χ4v) is 3.42. The lowest BCUT2D eigenvalue weighted by molar-refractivity contribution is -0.121. The van der Waals surface area contributed by atoms with E-state index in [4.69, 9.17) is 4.74 Å². The normalized spacial score (nSPS) is 11.2. The second-order valence-corrected chi connectivity index (χ2v) is 7.70. The first-order chi connectivity index (χ1) is 14.0. The van der Waals surface area contributed by atoms with Gasteiger partial charge in [0.2, 0.25) is 5.91 Å². The zero-order valence-corrected chi connectivity index (χ0v) is 17.6. The van der Waals surface area contributed by atoms with Gasteiger partial charge in [-0.3, -0.25) is 4.79 Å². The first-order valence-corrected chi connectivity index (χ1v) is 10.2. The Labute approximate surface area is 173 Å². The summed E-state index contributed by atoms with van der Waals surface area (Å²) in [6.07, 6.45) is 5.21. The zero-order valence-electron chi connectivity index (χ0n) is 17.6. The van der Waals surface area contributed by atoms with Crippen LogP contribution < -0.4 is 10.1 Å². The molecule has 1 heterocycles. The van der Waals surface area contributed by atoms with Crippen molar-refractivity contribution in [2.24, 2.45) is 0 Å². The van der Waals surface area contributed by atoms with Crippen LogP contribution in [-0.2, 0) is 24.1 Å². The number of carbonyl (C=O) groups excluding carboxylic acids is 1. The van der Waals surface area contributed by atoms with Crippen LogP contribution in [0.4, 0.5) is 0 Å². The summed E-state index contributed by atoms with van der Waals surface area (Å²) in [6, 6.07) is 14.4. The second kappa shape index (κ2) is 10.1. The van der Waals surface area contributed by atoms with Gasteiger partial charge in [-0.1, -0.05) is 18.2 Å². The minimum atomic E-state index is 0.0928. The number of benzene rings is 2. The van der Waals surface area contributed by atoms with Crippen molar-refractivity contribution in [3.63, 3.8) is 0 Å². The van der Waals surface area contributed by atoms with E-state index in [-0.39, 0.29) is 5.91 Å². The Kier molecular flexibility index (Phi) is 7.30. The molecule has 5 nitrogen and oxygen atoms in total. The number of hydrogen-bond donors (Lipinski definition) is 2. The van der Waals surface area contributed by atoms with Gasteiger partial charge in [0.05, 0.1) is 7.11 Å². The summed E-state index contributed by atoms with van der Waals surface area (Å²) in [5, 5.41) is 4.33.